The SMILES string of the molecule is CCc1ncc(S(=O)(=O)Nc2nc(Cl)ccc2[N+](=O)[O-])[nH]1. The maximum Gasteiger partial charge on any atom is 0.312 e. The van der Waals surface area contributed by atoms with Crippen LogP contribution in [0, 0.1) is 10.1 Å². The smallest absolute Gasteiger partial charge is 0.312 e. The minimum atomic E-state index is -4.07. The molecule has 21 heavy (non-hydrogen) atoms. The summed E-state index contributed by atoms with van der Waals surface area (Å²) in [5, 5.41) is 10.6. The van der Waals surface area contributed by atoms with Crippen LogP contribution in [0.1, 0.15) is 12.7 Å². The standard InChI is InChI=1S/C10H10ClN5O4S/c1-2-8-12-5-9(14-8)21(19,20)15-10-6(16(17)18)3-4-7(11)13-10/h3-5H,2H2,1H3,(H,12,14)(H,13,15). The summed E-state index contributed by atoms with van der Waals surface area (Å²) < 4.78 is 26.3. The first-order chi connectivity index (χ1) is 9.83. The number of aryl methyl sites for hydroxylation is 1. The highest BCUT2D eigenvalue weighted by Crippen LogP contribution is 2.26. The highest BCUT2D eigenvalue weighted by atomic mass is 35.5. The van der Waals surface area contributed by atoms with Crippen molar-refractivity contribution in [3.63, 3.8) is 0 Å². The number of imidazole rings is 1. The lowest BCUT2D eigenvalue weighted by atomic mass is 10.4. The fraction of sp³-hybridized carbons (Fsp3) is 0.200. The second-order valence-electron chi connectivity index (χ2n) is 3.91. The lowest BCUT2D eigenvalue weighted by Gasteiger charge is -2.06. The summed E-state index contributed by atoms with van der Waals surface area (Å²) in [4.78, 5) is 20.2. The number of aromatic amines is 1. The van der Waals surface area contributed by atoms with E-state index in [1.807, 2.05) is 4.72 Å². The Morgan fingerprint density at radius 3 is 2.76 bits per heavy atom. The fourth-order valence-electron chi connectivity index (χ4n) is 1.49. The van der Waals surface area contributed by atoms with E-state index in [4.69, 9.17) is 11.6 Å². The highest BCUT2D eigenvalue weighted by Gasteiger charge is 2.24. The van der Waals surface area contributed by atoms with Gasteiger partial charge in [-0.2, -0.15) is 8.42 Å². The maximum atomic E-state index is 12.1. The van der Waals surface area contributed by atoms with Crippen molar-refractivity contribution in [1.82, 2.24) is 15.0 Å². The Bertz CT molecular complexity index is 788. The number of hydrogen-bond acceptors (Lipinski definition) is 6. The topological polar surface area (TPSA) is 131 Å². The minimum Gasteiger partial charge on any atom is -0.332 e. The third kappa shape index (κ3) is 3.28. The van der Waals surface area contributed by atoms with Crippen molar-refractivity contribution < 1.29 is 13.3 Å². The molecule has 0 saturated heterocycles. The summed E-state index contributed by atoms with van der Waals surface area (Å²) in [6.07, 6.45) is 1.64. The van der Waals surface area contributed by atoms with Crippen molar-refractivity contribution in [2.75, 3.05) is 4.72 Å². The normalized spacial score (nSPS) is 11.3. The van der Waals surface area contributed by atoms with E-state index in [9.17, 15) is 18.5 Å². The van der Waals surface area contributed by atoms with Gasteiger partial charge in [0, 0.05) is 12.5 Å². The van der Waals surface area contributed by atoms with E-state index in [2.05, 4.69) is 15.0 Å². The molecule has 2 aromatic rings. The van der Waals surface area contributed by atoms with Gasteiger partial charge in [0.1, 0.15) is 11.0 Å². The van der Waals surface area contributed by atoms with Crippen molar-refractivity contribution in [2.45, 2.75) is 18.4 Å². The zero-order valence-electron chi connectivity index (χ0n) is 10.7. The van der Waals surface area contributed by atoms with Crippen LogP contribution in [0.3, 0.4) is 0 Å². The van der Waals surface area contributed by atoms with Crippen molar-refractivity contribution in [3.05, 3.63) is 39.4 Å². The van der Waals surface area contributed by atoms with E-state index < -0.39 is 26.5 Å². The number of hydrogen-bond donors (Lipinski definition) is 2. The molecule has 0 aliphatic heterocycles. The van der Waals surface area contributed by atoms with Crippen LogP contribution in [0.25, 0.3) is 0 Å². The molecule has 0 radical (unpaired) electrons. The molecule has 11 heteroatoms. The molecule has 0 aliphatic carbocycles. The Kier molecular flexibility index (Phi) is 4.09. The fourth-order valence-corrected chi connectivity index (χ4v) is 2.60. The number of nitrogens with one attached hydrogen (secondary N) is 2. The van der Waals surface area contributed by atoms with Gasteiger partial charge in [-0.25, -0.2) is 9.97 Å². The van der Waals surface area contributed by atoms with Crippen LogP contribution in [-0.2, 0) is 16.4 Å². The first-order valence-corrected chi connectivity index (χ1v) is 7.57. The Morgan fingerprint density at radius 2 is 2.19 bits per heavy atom. The van der Waals surface area contributed by atoms with Gasteiger partial charge in [0.2, 0.25) is 5.82 Å². The van der Waals surface area contributed by atoms with E-state index in [-0.39, 0.29) is 10.2 Å². The molecule has 112 valence electrons. The van der Waals surface area contributed by atoms with Crippen molar-refractivity contribution in [1.29, 1.82) is 0 Å². The summed E-state index contributed by atoms with van der Waals surface area (Å²) >= 11 is 5.63. The van der Waals surface area contributed by atoms with Crippen LogP contribution in [0.4, 0.5) is 11.5 Å². The largest absolute Gasteiger partial charge is 0.332 e. The summed E-state index contributed by atoms with van der Waals surface area (Å²) in [6, 6.07) is 2.26. The number of H-pyrrole nitrogens is 1. The van der Waals surface area contributed by atoms with Gasteiger partial charge in [-0.05, 0) is 6.07 Å². The molecule has 0 aliphatic rings. The number of nitro groups is 1. The molecular weight excluding hydrogens is 322 g/mol. The second kappa shape index (κ2) is 5.66. The van der Waals surface area contributed by atoms with Crippen LogP contribution in [0.5, 0.6) is 0 Å². The number of nitrogens with zero attached hydrogens (tertiary/aromatic N) is 3. The number of sulfonamides is 1. The monoisotopic (exact) mass is 331 g/mol. The van der Waals surface area contributed by atoms with E-state index in [1.54, 1.807) is 6.92 Å². The molecule has 0 atom stereocenters. The van der Waals surface area contributed by atoms with Crippen LogP contribution >= 0.6 is 11.6 Å². The average molecular weight is 332 g/mol. The highest BCUT2D eigenvalue weighted by molar-refractivity contribution is 7.92. The molecule has 0 saturated carbocycles. The summed E-state index contributed by atoms with van der Waals surface area (Å²) in [5.41, 5.74) is -0.502. The molecule has 2 aromatic heterocycles. The first kappa shape index (κ1) is 15.2. The lowest BCUT2D eigenvalue weighted by Crippen LogP contribution is -2.15. The van der Waals surface area contributed by atoms with E-state index in [0.717, 1.165) is 12.3 Å². The van der Waals surface area contributed by atoms with Gasteiger partial charge in [0.25, 0.3) is 10.0 Å². The predicted molar refractivity (Wildman–Crippen MR) is 74.7 cm³/mol. The maximum absolute atomic E-state index is 12.1. The Balaban J connectivity index is 2.41. The van der Waals surface area contributed by atoms with E-state index in [1.165, 1.54) is 6.07 Å². The average Bonchev–Trinajstić information content (AvgIpc) is 2.87. The van der Waals surface area contributed by atoms with Crippen LogP contribution in [0.15, 0.2) is 23.4 Å². The lowest BCUT2D eigenvalue weighted by molar-refractivity contribution is -0.384. The number of rotatable bonds is 5. The number of aromatic nitrogens is 3. The van der Waals surface area contributed by atoms with Crippen molar-refractivity contribution >= 4 is 33.1 Å². The third-order valence-electron chi connectivity index (χ3n) is 2.50. The second-order valence-corrected chi connectivity index (χ2v) is 5.95. The molecule has 9 nitrogen and oxygen atoms in total. The van der Waals surface area contributed by atoms with Crippen molar-refractivity contribution in [2.24, 2.45) is 0 Å². The molecule has 2 N–H and O–H groups in total. The van der Waals surface area contributed by atoms with Gasteiger partial charge in [-0.3, -0.25) is 14.8 Å². The number of pyridine rings is 1. The molecule has 0 fully saturated rings. The van der Waals surface area contributed by atoms with E-state index >= 15 is 0 Å². The zero-order chi connectivity index (χ0) is 15.6. The Morgan fingerprint density at radius 1 is 1.48 bits per heavy atom. The Hall–Kier alpha value is -2.20. The molecule has 0 aromatic carbocycles. The molecule has 0 amide bonds. The van der Waals surface area contributed by atoms with Gasteiger partial charge in [0.05, 0.1) is 11.1 Å². The molecule has 0 bridgehead atoms. The van der Waals surface area contributed by atoms with Crippen LogP contribution in [0.2, 0.25) is 5.15 Å². The van der Waals surface area contributed by atoms with Gasteiger partial charge >= 0.3 is 5.69 Å². The van der Waals surface area contributed by atoms with Gasteiger partial charge in [-0.1, -0.05) is 18.5 Å². The molecule has 2 heterocycles. The summed E-state index contributed by atoms with van der Waals surface area (Å²) in [6.45, 7) is 1.80. The molecule has 2 rings (SSSR count). The summed E-state index contributed by atoms with van der Waals surface area (Å²) in [5.74, 6) is 0.0177. The Labute approximate surface area is 124 Å². The quantitative estimate of drug-likeness (QED) is 0.487. The third-order valence-corrected chi connectivity index (χ3v) is 3.96. The molecule has 0 spiro atoms. The van der Waals surface area contributed by atoms with Crippen molar-refractivity contribution in [3.8, 4) is 0 Å². The van der Waals surface area contributed by atoms with Gasteiger partial charge in [-0.15, -0.1) is 0 Å². The zero-order valence-corrected chi connectivity index (χ0v) is 12.3. The predicted octanol–water partition coefficient (Wildman–Crippen LogP) is 1.73. The van der Waals surface area contributed by atoms with Crippen LogP contribution < -0.4 is 4.72 Å². The summed E-state index contributed by atoms with van der Waals surface area (Å²) in [7, 11) is -4.07. The number of anilines is 1. The number of halogens is 1. The molecule has 0 unspecified atom stereocenters. The minimum absolute atomic E-state index is 0.0721. The van der Waals surface area contributed by atoms with Crippen LogP contribution in [-0.4, -0.2) is 28.3 Å². The van der Waals surface area contributed by atoms with E-state index in [0.29, 0.717) is 12.2 Å². The van der Waals surface area contributed by atoms with Gasteiger partial charge in [0.15, 0.2) is 5.03 Å². The van der Waals surface area contributed by atoms with Gasteiger partial charge < -0.3 is 4.98 Å². The molecular formula is C10H10ClN5O4S. The first-order valence-electron chi connectivity index (χ1n) is 5.71.